The molecular weight excluding hydrogens is 168 g/mol. The first-order chi connectivity index (χ1) is 6.49. The summed E-state index contributed by atoms with van der Waals surface area (Å²) >= 11 is 0. The molecule has 2 unspecified atom stereocenters. The molecule has 0 aromatic heterocycles. The molecule has 0 heterocycles. The third kappa shape index (κ3) is 4.02. The first-order valence-electron chi connectivity index (χ1n) is 6.49. The van der Waals surface area contributed by atoms with Gasteiger partial charge in [0.25, 0.3) is 0 Å². The lowest BCUT2D eigenvalue weighted by Crippen LogP contribution is -2.29. The van der Waals surface area contributed by atoms with E-state index in [9.17, 15) is 0 Å². The van der Waals surface area contributed by atoms with Crippen molar-refractivity contribution < 1.29 is 0 Å². The molecule has 0 N–H and O–H groups in total. The lowest BCUT2D eigenvalue weighted by atomic mass is 9.68. The Morgan fingerprint density at radius 3 is 1.93 bits per heavy atom. The Morgan fingerprint density at radius 1 is 1.00 bits per heavy atom. The van der Waals surface area contributed by atoms with Crippen LogP contribution in [0.25, 0.3) is 0 Å². The van der Waals surface area contributed by atoms with Crippen molar-refractivity contribution in [1.29, 1.82) is 0 Å². The zero-order chi connectivity index (χ0) is 11.2. The van der Waals surface area contributed by atoms with Crippen molar-refractivity contribution in [2.24, 2.45) is 17.3 Å². The maximum Gasteiger partial charge on any atom is -0.0324 e. The minimum absolute atomic E-state index is 0.540. The molecule has 0 fully saturated rings. The molecule has 0 nitrogen and oxygen atoms in total. The SMILES string of the molecule is CCCC(C)C(CC)C(C)(C)CCC. The Labute approximate surface area is 91.5 Å². The van der Waals surface area contributed by atoms with E-state index in [-0.39, 0.29) is 0 Å². The van der Waals surface area contributed by atoms with Gasteiger partial charge in [-0.1, -0.05) is 67.2 Å². The average Bonchev–Trinajstić information content (AvgIpc) is 2.04. The quantitative estimate of drug-likeness (QED) is 0.522. The molecule has 86 valence electrons. The maximum absolute atomic E-state index is 2.46. The van der Waals surface area contributed by atoms with Crippen LogP contribution in [0.15, 0.2) is 0 Å². The van der Waals surface area contributed by atoms with Crippen LogP contribution < -0.4 is 0 Å². The smallest absolute Gasteiger partial charge is 0.0324 e. The van der Waals surface area contributed by atoms with Crippen molar-refractivity contribution in [3.8, 4) is 0 Å². The van der Waals surface area contributed by atoms with Gasteiger partial charge in [0.15, 0.2) is 0 Å². The van der Waals surface area contributed by atoms with Crippen molar-refractivity contribution in [1.82, 2.24) is 0 Å². The molecule has 0 radical (unpaired) electrons. The summed E-state index contributed by atoms with van der Waals surface area (Å²) in [4.78, 5) is 0. The third-order valence-corrected chi connectivity index (χ3v) is 3.77. The summed E-state index contributed by atoms with van der Waals surface area (Å²) in [5, 5.41) is 0. The van der Waals surface area contributed by atoms with Crippen LogP contribution >= 0.6 is 0 Å². The highest BCUT2D eigenvalue weighted by Gasteiger charge is 2.30. The largest absolute Gasteiger partial charge is 0.0654 e. The molecule has 2 atom stereocenters. The second kappa shape index (κ2) is 6.48. The Kier molecular flexibility index (Phi) is 6.48. The standard InChI is InChI=1S/C14H30/c1-7-10-12(4)13(9-3)14(5,6)11-8-2/h12-13H,7-11H2,1-6H3. The van der Waals surface area contributed by atoms with E-state index in [0.717, 1.165) is 11.8 Å². The highest BCUT2D eigenvalue weighted by molar-refractivity contribution is 4.80. The van der Waals surface area contributed by atoms with Gasteiger partial charge in [0, 0.05) is 0 Å². The zero-order valence-electron chi connectivity index (χ0n) is 11.2. The third-order valence-electron chi connectivity index (χ3n) is 3.77. The van der Waals surface area contributed by atoms with E-state index in [1.165, 1.54) is 32.1 Å². The van der Waals surface area contributed by atoms with E-state index < -0.39 is 0 Å². The van der Waals surface area contributed by atoms with E-state index in [1.807, 2.05) is 0 Å². The van der Waals surface area contributed by atoms with Gasteiger partial charge >= 0.3 is 0 Å². The minimum Gasteiger partial charge on any atom is -0.0654 e. The summed E-state index contributed by atoms with van der Waals surface area (Å²) in [5.74, 6) is 1.80. The van der Waals surface area contributed by atoms with Crippen LogP contribution in [0.4, 0.5) is 0 Å². The fourth-order valence-corrected chi connectivity index (χ4v) is 3.21. The molecule has 0 saturated carbocycles. The molecule has 0 amide bonds. The first kappa shape index (κ1) is 14.0. The number of hydrogen-bond acceptors (Lipinski definition) is 0. The average molecular weight is 198 g/mol. The minimum atomic E-state index is 0.540. The fraction of sp³-hybridized carbons (Fsp3) is 1.00. The van der Waals surface area contributed by atoms with Crippen LogP contribution in [0.1, 0.15) is 73.6 Å². The second-order valence-electron chi connectivity index (χ2n) is 5.52. The van der Waals surface area contributed by atoms with Crippen LogP contribution in [0.2, 0.25) is 0 Å². The number of hydrogen-bond donors (Lipinski definition) is 0. The summed E-state index contributed by atoms with van der Waals surface area (Å²) in [7, 11) is 0. The zero-order valence-corrected chi connectivity index (χ0v) is 11.2. The lowest BCUT2D eigenvalue weighted by Gasteiger charge is -2.38. The Hall–Kier alpha value is 0. The summed E-state index contributed by atoms with van der Waals surface area (Å²) < 4.78 is 0. The van der Waals surface area contributed by atoms with Crippen molar-refractivity contribution in [2.75, 3.05) is 0 Å². The Morgan fingerprint density at radius 2 is 1.57 bits per heavy atom. The van der Waals surface area contributed by atoms with Gasteiger partial charge in [-0.05, 0) is 23.7 Å². The normalized spacial score (nSPS) is 16.7. The van der Waals surface area contributed by atoms with Crippen molar-refractivity contribution in [2.45, 2.75) is 73.6 Å². The van der Waals surface area contributed by atoms with Gasteiger partial charge in [0.1, 0.15) is 0 Å². The van der Waals surface area contributed by atoms with Gasteiger partial charge < -0.3 is 0 Å². The van der Waals surface area contributed by atoms with E-state index >= 15 is 0 Å². The van der Waals surface area contributed by atoms with Crippen LogP contribution in [0.3, 0.4) is 0 Å². The van der Waals surface area contributed by atoms with Gasteiger partial charge in [0.2, 0.25) is 0 Å². The number of rotatable bonds is 7. The monoisotopic (exact) mass is 198 g/mol. The highest BCUT2D eigenvalue weighted by atomic mass is 14.4. The Bertz CT molecular complexity index is 135. The molecular formula is C14H30. The summed E-state index contributed by atoms with van der Waals surface area (Å²) in [6.07, 6.45) is 6.77. The molecule has 0 aliphatic rings. The molecule has 0 bridgehead atoms. The molecule has 0 aromatic rings. The highest BCUT2D eigenvalue weighted by Crippen LogP contribution is 2.40. The van der Waals surface area contributed by atoms with Crippen LogP contribution in [-0.4, -0.2) is 0 Å². The van der Waals surface area contributed by atoms with E-state index in [2.05, 4.69) is 41.5 Å². The van der Waals surface area contributed by atoms with Crippen LogP contribution in [-0.2, 0) is 0 Å². The first-order valence-corrected chi connectivity index (χ1v) is 6.49. The predicted molar refractivity (Wildman–Crippen MR) is 66.5 cm³/mol. The van der Waals surface area contributed by atoms with Crippen LogP contribution in [0.5, 0.6) is 0 Å². The van der Waals surface area contributed by atoms with Gasteiger partial charge in [-0.15, -0.1) is 0 Å². The molecule has 14 heavy (non-hydrogen) atoms. The fourth-order valence-electron chi connectivity index (χ4n) is 3.21. The van der Waals surface area contributed by atoms with Crippen molar-refractivity contribution in [3.63, 3.8) is 0 Å². The molecule has 0 rings (SSSR count). The van der Waals surface area contributed by atoms with Gasteiger partial charge in [-0.3, -0.25) is 0 Å². The topological polar surface area (TPSA) is 0 Å². The summed E-state index contributed by atoms with van der Waals surface area (Å²) in [6, 6.07) is 0. The molecule has 0 heteroatoms. The molecule has 0 spiro atoms. The van der Waals surface area contributed by atoms with E-state index in [4.69, 9.17) is 0 Å². The van der Waals surface area contributed by atoms with Gasteiger partial charge in [0.05, 0.1) is 0 Å². The van der Waals surface area contributed by atoms with Crippen molar-refractivity contribution >= 4 is 0 Å². The maximum atomic E-state index is 2.46. The summed E-state index contributed by atoms with van der Waals surface area (Å²) in [5.41, 5.74) is 0.540. The van der Waals surface area contributed by atoms with Crippen molar-refractivity contribution in [3.05, 3.63) is 0 Å². The second-order valence-corrected chi connectivity index (χ2v) is 5.52. The molecule has 0 aliphatic heterocycles. The van der Waals surface area contributed by atoms with Gasteiger partial charge in [-0.2, -0.15) is 0 Å². The Balaban J connectivity index is 4.36. The molecule has 0 aliphatic carbocycles. The molecule has 0 aromatic carbocycles. The summed E-state index contributed by atoms with van der Waals surface area (Å²) in [6.45, 7) is 14.3. The van der Waals surface area contributed by atoms with Gasteiger partial charge in [-0.25, -0.2) is 0 Å². The predicted octanol–water partition coefficient (Wildman–Crippen LogP) is 5.28. The van der Waals surface area contributed by atoms with E-state index in [0.29, 0.717) is 5.41 Å². The molecule has 0 saturated heterocycles. The van der Waals surface area contributed by atoms with E-state index in [1.54, 1.807) is 0 Å². The lowest BCUT2D eigenvalue weighted by molar-refractivity contribution is 0.123. The van der Waals surface area contributed by atoms with Crippen LogP contribution in [0, 0.1) is 17.3 Å².